The van der Waals surface area contributed by atoms with Crippen LogP contribution in [0.15, 0.2) is 24.5 Å². The van der Waals surface area contributed by atoms with Crippen molar-refractivity contribution in [1.82, 2.24) is 19.7 Å². The van der Waals surface area contributed by atoms with Crippen LogP contribution in [0.3, 0.4) is 0 Å². The van der Waals surface area contributed by atoms with Crippen molar-refractivity contribution in [2.45, 2.75) is 25.7 Å². The van der Waals surface area contributed by atoms with Gasteiger partial charge in [0.25, 0.3) is 0 Å². The van der Waals surface area contributed by atoms with Gasteiger partial charge in [-0.3, -0.25) is 14.2 Å². The lowest BCUT2D eigenvalue weighted by Crippen LogP contribution is -2.48. The first kappa shape index (κ1) is 18.0. The fourth-order valence-electron chi connectivity index (χ4n) is 3.90. The smallest absolute Gasteiger partial charge is 0.227 e. The summed E-state index contributed by atoms with van der Waals surface area (Å²) in [6.07, 6.45) is 7.11. The second-order valence-electron chi connectivity index (χ2n) is 7.24. The normalized spacial score (nSPS) is 21.4. The molecule has 2 fully saturated rings. The van der Waals surface area contributed by atoms with E-state index in [2.05, 4.69) is 15.1 Å². The fourth-order valence-corrected chi connectivity index (χ4v) is 4.75. The van der Waals surface area contributed by atoms with Crippen molar-refractivity contribution in [3.05, 3.63) is 24.5 Å². The monoisotopic (exact) mass is 388 g/mol. The van der Waals surface area contributed by atoms with Gasteiger partial charge in [-0.25, -0.2) is 0 Å². The van der Waals surface area contributed by atoms with Crippen molar-refractivity contribution in [3.63, 3.8) is 0 Å². The molecule has 2 aromatic heterocycles. The standard InChI is InChI=1S/C18H24N6O2S/c19-15(25)13-5-10-22(11-6-13)16(26)14-4-3-9-24(12-14)18-21-20-17(27-18)23-7-1-2-8-23/h1-2,7-8,13-14H,3-6,9-12H2,(H2,19,25)/t14-/m0/s1. The number of likely N-dealkylation sites (tertiary alicyclic amines) is 1. The van der Waals surface area contributed by atoms with Gasteiger partial charge in [-0.05, 0) is 37.8 Å². The highest BCUT2D eigenvalue weighted by Gasteiger charge is 2.33. The van der Waals surface area contributed by atoms with E-state index in [4.69, 9.17) is 5.73 Å². The Hall–Kier alpha value is -2.42. The second-order valence-corrected chi connectivity index (χ2v) is 8.18. The molecule has 2 amide bonds. The van der Waals surface area contributed by atoms with Gasteiger partial charge in [0.2, 0.25) is 22.1 Å². The molecule has 0 saturated carbocycles. The summed E-state index contributed by atoms with van der Waals surface area (Å²) >= 11 is 1.54. The number of amides is 2. The molecular formula is C18H24N6O2S. The van der Waals surface area contributed by atoms with E-state index in [0.717, 1.165) is 29.6 Å². The lowest BCUT2D eigenvalue weighted by Gasteiger charge is -2.37. The van der Waals surface area contributed by atoms with Crippen LogP contribution in [-0.4, -0.2) is 57.7 Å². The van der Waals surface area contributed by atoms with Crippen LogP contribution < -0.4 is 10.6 Å². The maximum atomic E-state index is 12.9. The van der Waals surface area contributed by atoms with Crippen LogP contribution in [0.1, 0.15) is 25.7 Å². The molecule has 2 aromatic rings. The highest BCUT2D eigenvalue weighted by molar-refractivity contribution is 7.17. The zero-order valence-electron chi connectivity index (χ0n) is 15.2. The highest BCUT2D eigenvalue weighted by Crippen LogP contribution is 2.29. The van der Waals surface area contributed by atoms with Crippen LogP contribution in [0, 0.1) is 11.8 Å². The van der Waals surface area contributed by atoms with Crippen molar-refractivity contribution in [3.8, 4) is 5.13 Å². The van der Waals surface area contributed by atoms with E-state index >= 15 is 0 Å². The predicted octanol–water partition coefficient (Wildman–Crippen LogP) is 1.27. The molecule has 2 aliphatic rings. The van der Waals surface area contributed by atoms with Gasteiger partial charge in [0.05, 0.1) is 5.92 Å². The van der Waals surface area contributed by atoms with Crippen molar-refractivity contribution < 1.29 is 9.59 Å². The second kappa shape index (κ2) is 7.67. The molecule has 2 saturated heterocycles. The largest absolute Gasteiger partial charge is 0.369 e. The fraction of sp³-hybridized carbons (Fsp3) is 0.556. The summed E-state index contributed by atoms with van der Waals surface area (Å²) in [5.41, 5.74) is 5.39. The van der Waals surface area contributed by atoms with Crippen molar-refractivity contribution in [2.24, 2.45) is 17.6 Å². The van der Waals surface area contributed by atoms with Crippen LogP contribution in [0.25, 0.3) is 5.13 Å². The van der Waals surface area contributed by atoms with E-state index in [1.807, 2.05) is 34.0 Å². The Kier molecular flexibility index (Phi) is 5.11. The zero-order valence-corrected chi connectivity index (χ0v) is 16.0. The third-order valence-corrected chi connectivity index (χ3v) is 6.48. The molecule has 144 valence electrons. The average Bonchev–Trinajstić information content (AvgIpc) is 3.39. The number of anilines is 1. The first-order valence-electron chi connectivity index (χ1n) is 9.41. The van der Waals surface area contributed by atoms with E-state index in [1.165, 1.54) is 0 Å². The Morgan fingerprint density at radius 3 is 2.41 bits per heavy atom. The third kappa shape index (κ3) is 3.83. The minimum absolute atomic E-state index is 0.0252. The summed E-state index contributed by atoms with van der Waals surface area (Å²) in [6.45, 7) is 2.82. The minimum atomic E-state index is -0.249. The molecule has 0 aliphatic carbocycles. The zero-order chi connectivity index (χ0) is 18.8. The van der Waals surface area contributed by atoms with E-state index in [0.29, 0.717) is 32.5 Å². The molecule has 8 nitrogen and oxygen atoms in total. The average molecular weight is 388 g/mol. The van der Waals surface area contributed by atoms with Crippen molar-refractivity contribution in [2.75, 3.05) is 31.1 Å². The number of aromatic nitrogens is 3. The Labute approximate surface area is 162 Å². The van der Waals surface area contributed by atoms with Gasteiger partial charge in [0, 0.05) is 44.5 Å². The first-order chi connectivity index (χ1) is 13.1. The number of piperidine rings is 2. The molecule has 2 N–H and O–H groups in total. The van der Waals surface area contributed by atoms with Gasteiger partial charge < -0.3 is 15.5 Å². The number of hydrogen-bond acceptors (Lipinski definition) is 6. The number of rotatable bonds is 4. The maximum Gasteiger partial charge on any atom is 0.227 e. The van der Waals surface area contributed by atoms with Gasteiger partial charge >= 0.3 is 0 Å². The molecule has 2 aliphatic heterocycles. The van der Waals surface area contributed by atoms with Gasteiger partial charge in [-0.15, -0.1) is 10.2 Å². The lowest BCUT2D eigenvalue weighted by atomic mass is 9.92. The molecule has 4 heterocycles. The highest BCUT2D eigenvalue weighted by atomic mass is 32.1. The van der Waals surface area contributed by atoms with Gasteiger partial charge in [0.15, 0.2) is 0 Å². The summed E-state index contributed by atoms with van der Waals surface area (Å²) in [5, 5.41) is 10.3. The van der Waals surface area contributed by atoms with Gasteiger partial charge in [-0.2, -0.15) is 0 Å². The third-order valence-electron chi connectivity index (χ3n) is 5.48. The first-order valence-corrected chi connectivity index (χ1v) is 10.2. The van der Waals surface area contributed by atoms with E-state index in [1.54, 1.807) is 11.3 Å². The summed E-state index contributed by atoms with van der Waals surface area (Å²) < 4.78 is 1.94. The Bertz CT molecular complexity index is 797. The number of nitrogens with zero attached hydrogens (tertiary/aromatic N) is 5. The number of hydrogen-bond donors (Lipinski definition) is 1. The van der Waals surface area contributed by atoms with E-state index in [-0.39, 0.29) is 23.7 Å². The molecule has 9 heteroatoms. The number of nitrogens with two attached hydrogens (primary N) is 1. The Balaban J connectivity index is 1.38. The van der Waals surface area contributed by atoms with Crippen LogP contribution in [0.2, 0.25) is 0 Å². The molecule has 0 unspecified atom stereocenters. The Morgan fingerprint density at radius 2 is 1.70 bits per heavy atom. The number of carbonyl (C=O) groups excluding carboxylic acids is 2. The number of primary amides is 1. The molecule has 0 aromatic carbocycles. The molecular weight excluding hydrogens is 364 g/mol. The van der Waals surface area contributed by atoms with E-state index < -0.39 is 0 Å². The quantitative estimate of drug-likeness (QED) is 0.851. The summed E-state index contributed by atoms with van der Waals surface area (Å²) in [5.74, 6) is -0.174. The predicted molar refractivity (Wildman–Crippen MR) is 103 cm³/mol. The minimum Gasteiger partial charge on any atom is -0.369 e. The SMILES string of the molecule is NC(=O)C1CCN(C(=O)[C@H]2CCCN(c3nnc(-n4cccc4)s3)C2)CC1. The molecule has 1 atom stereocenters. The van der Waals surface area contributed by atoms with Crippen LogP contribution in [0.5, 0.6) is 0 Å². The van der Waals surface area contributed by atoms with Crippen molar-refractivity contribution in [1.29, 1.82) is 0 Å². The maximum absolute atomic E-state index is 12.9. The van der Waals surface area contributed by atoms with Crippen LogP contribution in [0.4, 0.5) is 5.13 Å². The molecule has 27 heavy (non-hydrogen) atoms. The summed E-state index contributed by atoms with van der Waals surface area (Å²) in [6, 6.07) is 3.91. The molecule has 4 rings (SSSR count). The summed E-state index contributed by atoms with van der Waals surface area (Å²) in [4.78, 5) is 28.3. The van der Waals surface area contributed by atoms with Crippen LogP contribution >= 0.6 is 11.3 Å². The molecule has 0 radical (unpaired) electrons. The molecule has 0 bridgehead atoms. The van der Waals surface area contributed by atoms with Gasteiger partial charge in [-0.1, -0.05) is 11.3 Å². The molecule has 0 spiro atoms. The summed E-state index contributed by atoms with van der Waals surface area (Å²) in [7, 11) is 0. The van der Waals surface area contributed by atoms with Gasteiger partial charge in [0.1, 0.15) is 0 Å². The lowest BCUT2D eigenvalue weighted by molar-refractivity contribution is -0.138. The number of carbonyl (C=O) groups is 2. The van der Waals surface area contributed by atoms with Crippen molar-refractivity contribution >= 4 is 28.3 Å². The van der Waals surface area contributed by atoms with E-state index in [9.17, 15) is 9.59 Å². The van der Waals surface area contributed by atoms with Crippen LogP contribution in [-0.2, 0) is 9.59 Å². The topological polar surface area (TPSA) is 97.3 Å². The Morgan fingerprint density at radius 1 is 1.00 bits per heavy atom.